The number of aromatic amines is 1. The number of imidazole rings is 1. The van der Waals surface area contributed by atoms with Crippen molar-refractivity contribution < 1.29 is 0 Å². The standard InChI is InChI=1S/C26H19ClN4/c1-17-10-11-23-24(12-17)30-26(29-23)19(14-28)13-20-16-31(25-9-5-3-7-21(20)25)15-18-6-2-4-8-22(18)27/h2-13,16H,15H2,1H3,(H,29,30)/b19-13+. The van der Waals surface area contributed by atoms with E-state index in [0.29, 0.717) is 17.9 Å². The molecule has 0 atom stereocenters. The average molecular weight is 423 g/mol. The lowest BCUT2D eigenvalue weighted by atomic mass is 10.1. The van der Waals surface area contributed by atoms with E-state index in [2.05, 4.69) is 38.9 Å². The SMILES string of the molecule is Cc1ccc2nc(/C(C#N)=C/c3cn(Cc4ccccc4Cl)c4ccccc34)[nH]c2c1. The molecule has 0 spiro atoms. The predicted molar refractivity (Wildman–Crippen MR) is 127 cm³/mol. The fourth-order valence-electron chi connectivity index (χ4n) is 3.89. The van der Waals surface area contributed by atoms with Gasteiger partial charge in [0.15, 0.2) is 0 Å². The van der Waals surface area contributed by atoms with Gasteiger partial charge in [-0.1, -0.05) is 54.1 Å². The van der Waals surface area contributed by atoms with Gasteiger partial charge >= 0.3 is 0 Å². The zero-order chi connectivity index (χ0) is 21.4. The third-order valence-corrected chi connectivity index (χ3v) is 5.80. The highest BCUT2D eigenvalue weighted by Crippen LogP contribution is 2.28. The van der Waals surface area contributed by atoms with Crippen molar-refractivity contribution in [2.45, 2.75) is 13.5 Å². The Kier molecular flexibility index (Phi) is 4.82. The van der Waals surface area contributed by atoms with E-state index >= 15 is 0 Å². The summed E-state index contributed by atoms with van der Waals surface area (Å²) in [5.74, 6) is 0.575. The first-order valence-electron chi connectivity index (χ1n) is 10.0. The van der Waals surface area contributed by atoms with Gasteiger partial charge in [0.25, 0.3) is 0 Å². The van der Waals surface area contributed by atoms with Crippen LogP contribution >= 0.6 is 11.6 Å². The summed E-state index contributed by atoms with van der Waals surface area (Å²) in [6.07, 6.45) is 3.97. The summed E-state index contributed by atoms with van der Waals surface area (Å²) in [5.41, 5.74) is 6.53. The number of aromatic nitrogens is 3. The molecule has 5 aromatic rings. The number of benzene rings is 3. The summed E-state index contributed by atoms with van der Waals surface area (Å²) in [6.45, 7) is 2.69. The number of para-hydroxylation sites is 1. The number of aryl methyl sites for hydroxylation is 1. The van der Waals surface area contributed by atoms with Crippen molar-refractivity contribution in [2.75, 3.05) is 0 Å². The molecule has 1 N–H and O–H groups in total. The zero-order valence-electron chi connectivity index (χ0n) is 16.9. The molecule has 3 aromatic carbocycles. The van der Waals surface area contributed by atoms with Gasteiger partial charge in [0, 0.05) is 34.2 Å². The number of fused-ring (bicyclic) bond motifs is 2. The van der Waals surface area contributed by atoms with Crippen molar-refractivity contribution in [3.63, 3.8) is 0 Å². The summed E-state index contributed by atoms with van der Waals surface area (Å²) in [5, 5.41) is 11.7. The smallest absolute Gasteiger partial charge is 0.149 e. The Labute approximate surface area is 185 Å². The highest BCUT2D eigenvalue weighted by molar-refractivity contribution is 6.31. The lowest BCUT2D eigenvalue weighted by molar-refractivity contribution is 0.836. The quantitative estimate of drug-likeness (QED) is 0.332. The maximum absolute atomic E-state index is 9.87. The van der Waals surface area contributed by atoms with E-state index in [1.807, 2.05) is 67.6 Å². The molecule has 0 bridgehead atoms. The number of nitrogens with zero attached hydrogens (tertiary/aromatic N) is 3. The lowest BCUT2D eigenvalue weighted by Crippen LogP contribution is -1.98. The summed E-state index contributed by atoms with van der Waals surface area (Å²) in [6, 6.07) is 24.4. The number of hydrogen-bond donors (Lipinski definition) is 1. The minimum atomic E-state index is 0.495. The molecule has 0 amide bonds. The first kappa shape index (κ1) is 19.2. The number of halogens is 1. The molecule has 2 heterocycles. The second-order valence-electron chi connectivity index (χ2n) is 7.60. The Bertz CT molecular complexity index is 1500. The Morgan fingerprint density at radius 1 is 1.13 bits per heavy atom. The second-order valence-corrected chi connectivity index (χ2v) is 8.00. The molecule has 0 saturated carbocycles. The first-order valence-corrected chi connectivity index (χ1v) is 10.4. The van der Waals surface area contributed by atoms with Gasteiger partial charge in [0.05, 0.1) is 16.6 Å². The van der Waals surface area contributed by atoms with E-state index in [-0.39, 0.29) is 0 Å². The van der Waals surface area contributed by atoms with E-state index < -0.39 is 0 Å². The van der Waals surface area contributed by atoms with Gasteiger partial charge in [-0.2, -0.15) is 5.26 Å². The molecule has 31 heavy (non-hydrogen) atoms. The monoisotopic (exact) mass is 422 g/mol. The van der Waals surface area contributed by atoms with Crippen molar-refractivity contribution >= 4 is 45.2 Å². The molecule has 0 fully saturated rings. The number of nitrogens with one attached hydrogen (secondary N) is 1. The Balaban J connectivity index is 1.61. The number of hydrogen-bond acceptors (Lipinski definition) is 2. The van der Waals surface area contributed by atoms with Crippen LogP contribution in [-0.2, 0) is 6.54 Å². The van der Waals surface area contributed by atoms with Crippen LogP contribution in [0.3, 0.4) is 0 Å². The van der Waals surface area contributed by atoms with Crippen LogP contribution in [0.5, 0.6) is 0 Å². The van der Waals surface area contributed by atoms with Crippen LogP contribution < -0.4 is 0 Å². The fraction of sp³-hybridized carbons (Fsp3) is 0.0769. The van der Waals surface area contributed by atoms with Gasteiger partial charge in [-0.15, -0.1) is 0 Å². The van der Waals surface area contributed by atoms with Crippen LogP contribution in [0.15, 0.2) is 72.9 Å². The summed E-state index contributed by atoms with van der Waals surface area (Å²) in [7, 11) is 0. The van der Waals surface area contributed by atoms with Crippen molar-refractivity contribution in [3.05, 3.63) is 100 Å². The molecule has 0 aliphatic heterocycles. The Hall–Kier alpha value is -3.81. The van der Waals surface area contributed by atoms with E-state index in [9.17, 15) is 5.26 Å². The minimum absolute atomic E-state index is 0.495. The molecule has 0 saturated heterocycles. The van der Waals surface area contributed by atoms with Gasteiger partial charge in [0.2, 0.25) is 0 Å². The molecule has 2 aromatic heterocycles. The van der Waals surface area contributed by atoms with E-state index in [0.717, 1.165) is 43.6 Å². The van der Waals surface area contributed by atoms with Gasteiger partial charge in [-0.3, -0.25) is 0 Å². The van der Waals surface area contributed by atoms with E-state index in [1.165, 1.54) is 0 Å². The summed E-state index contributed by atoms with van der Waals surface area (Å²) in [4.78, 5) is 7.90. The van der Waals surface area contributed by atoms with Crippen LogP contribution in [0, 0.1) is 18.3 Å². The summed E-state index contributed by atoms with van der Waals surface area (Å²) < 4.78 is 2.17. The number of nitriles is 1. The number of rotatable bonds is 4. The fourth-order valence-corrected chi connectivity index (χ4v) is 4.09. The molecular formula is C26H19ClN4. The summed E-state index contributed by atoms with van der Waals surface area (Å²) >= 11 is 6.39. The van der Waals surface area contributed by atoms with Gasteiger partial charge < -0.3 is 9.55 Å². The largest absolute Gasteiger partial charge is 0.342 e. The normalized spacial score (nSPS) is 11.8. The minimum Gasteiger partial charge on any atom is -0.342 e. The molecular weight excluding hydrogens is 404 g/mol. The van der Waals surface area contributed by atoms with E-state index in [1.54, 1.807) is 0 Å². The number of H-pyrrole nitrogens is 1. The first-order chi connectivity index (χ1) is 15.1. The van der Waals surface area contributed by atoms with Gasteiger partial charge in [-0.05, 0) is 48.4 Å². The van der Waals surface area contributed by atoms with Crippen LogP contribution in [0.4, 0.5) is 0 Å². The van der Waals surface area contributed by atoms with Crippen LogP contribution in [0.25, 0.3) is 33.6 Å². The van der Waals surface area contributed by atoms with Crippen LogP contribution in [-0.4, -0.2) is 14.5 Å². The zero-order valence-corrected chi connectivity index (χ0v) is 17.7. The van der Waals surface area contributed by atoms with Gasteiger partial charge in [0.1, 0.15) is 11.9 Å². The highest BCUT2D eigenvalue weighted by Gasteiger charge is 2.12. The Morgan fingerprint density at radius 3 is 2.77 bits per heavy atom. The number of allylic oxidation sites excluding steroid dienone is 1. The maximum Gasteiger partial charge on any atom is 0.149 e. The third-order valence-electron chi connectivity index (χ3n) is 5.43. The molecule has 0 unspecified atom stereocenters. The molecule has 4 nitrogen and oxygen atoms in total. The van der Waals surface area contributed by atoms with Crippen molar-refractivity contribution in [3.8, 4) is 6.07 Å². The highest BCUT2D eigenvalue weighted by atomic mass is 35.5. The maximum atomic E-state index is 9.87. The Morgan fingerprint density at radius 2 is 1.94 bits per heavy atom. The topological polar surface area (TPSA) is 57.4 Å². The van der Waals surface area contributed by atoms with Gasteiger partial charge in [-0.25, -0.2) is 4.98 Å². The molecule has 5 rings (SSSR count). The molecule has 0 aliphatic carbocycles. The lowest BCUT2D eigenvalue weighted by Gasteiger charge is -2.07. The predicted octanol–water partition coefficient (Wildman–Crippen LogP) is 6.59. The third kappa shape index (κ3) is 3.61. The van der Waals surface area contributed by atoms with Crippen molar-refractivity contribution in [1.82, 2.24) is 14.5 Å². The average Bonchev–Trinajstić information content (AvgIpc) is 3.35. The molecule has 5 heteroatoms. The van der Waals surface area contributed by atoms with Crippen LogP contribution in [0.1, 0.15) is 22.5 Å². The van der Waals surface area contributed by atoms with Crippen molar-refractivity contribution in [2.24, 2.45) is 0 Å². The molecule has 150 valence electrons. The molecule has 0 aliphatic rings. The molecule has 0 radical (unpaired) electrons. The van der Waals surface area contributed by atoms with Crippen molar-refractivity contribution in [1.29, 1.82) is 5.26 Å². The second kappa shape index (κ2) is 7.79. The van der Waals surface area contributed by atoms with E-state index in [4.69, 9.17) is 11.6 Å². The van der Waals surface area contributed by atoms with Crippen LogP contribution in [0.2, 0.25) is 5.02 Å².